The molecular formula is C31H40O4Si. The molecule has 1 N–H and O–H groups in total. The number of rotatable bonds is 8. The number of aliphatic hydroxyl groups is 1. The zero-order valence-electron chi connectivity index (χ0n) is 22.1. The monoisotopic (exact) mass is 504 g/mol. The van der Waals surface area contributed by atoms with Crippen LogP contribution in [0.2, 0.25) is 5.04 Å². The molecule has 0 aromatic heterocycles. The number of hydrogen-bond donors (Lipinski definition) is 1. The molecule has 1 aliphatic rings. The smallest absolute Gasteiger partial charge is 0.261 e. The topological polar surface area (TPSA) is 47.9 Å². The summed E-state index contributed by atoms with van der Waals surface area (Å²) in [5.74, 6) is 0.0628. The van der Waals surface area contributed by atoms with Crippen molar-refractivity contribution in [2.24, 2.45) is 5.92 Å². The van der Waals surface area contributed by atoms with Crippen LogP contribution >= 0.6 is 0 Å². The highest BCUT2D eigenvalue weighted by atomic mass is 28.4. The second-order valence-electron chi connectivity index (χ2n) is 11.0. The van der Waals surface area contributed by atoms with Crippen LogP contribution in [0, 0.1) is 5.92 Å². The molecule has 3 aromatic carbocycles. The molecule has 0 spiro atoms. The summed E-state index contributed by atoms with van der Waals surface area (Å²) in [6, 6.07) is 31.2. The fraction of sp³-hybridized carbons (Fsp3) is 0.419. The van der Waals surface area contributed by atoms with Gasteiger partial charge >= 0.3 is 0 Å². The molecule has 0 aliphatic carbocycles. The van der Waals surface area contributed by atoms with Crippen LogP contribution in [0.1, 0.15) is 40.2 Å². The largest absolute Gasteiger partial charge is 0.405 e. The lowest BCUT2D eigenvalue weighted by Crippen LogP contribution is -2.68. The van der Waals surface area contributed by atoms with Gasteiger partial charge < -0.3 is 19.0 Å². The molecule has 0 bridgehead atoms. The molecule has 0 radical (unpaired) electrons. The van der Waals surface area contributed by atoms with Crippen molar-refractivity contribution in [3.05, 3.63) is 96.6 Å². The first kappa shape index (κ1) is 26.8. The van der Waals surface area contributed by atoms with Crippen LogP contribution in [0.3, 0.4) is 0 Å². The maximum Gasteiger partial charge on any atom is 0.261 e. The Labute approximate surface area is 217 Å². The van der Waals surface area contributed by atoms with E-state index in [1.165, 1.54) is 10.4 Å². The van der Waals surface area contributed by atoms with Crippen molar-refractivity contribution in [3.63, 3.8) is 0 Å². The van der Waals surface area contributed by atoms with Gasteiger partial charge in [0.05, 0.1) is 25.4 Å². The summed E-state index contributed by atoms with van der Waals surface area (Å²) < 4.78 is 19.7. The third kappa shape index (κ3) is 5.51. The van der Waals surface area contributed by atoms with Crippen LogP contribution in [0.15, 0.2) is 91.0 Å². The van der Waals surface area contributed by atoms with E-state index in [2.05, 4.69) is 83.1 Å². The quantitative estimate of drug-likeness (QED) is 0.442. The fourth-order valence-corrected chi connectivity index (χ4v) is 9.96. The Bertz CT molecular complexity index is 1030. The summed E-state index contributed by atoms with van der Waals surface area (Å²) in [4.78, 5) is 0. The molecule has 36 heavy (non-hydrogen) atoms. The van der Waals surface area contributed by atoms with Crippen LogP contribution < -0.4 is 10.4 Å². The minimum absolute atomic E-state index is 0.0538. The van der Waals surface area contributed by atoms with E-state index >= 15 is 0 Å². The summed E-state index contributed by atoms with van der Waals surface area (Å²) in [5.41, 5.74) is 1.09. The minimum Gasteiger partial charge on any atom is -0.405 e. The minimum atomic E-state index is -2.73. The molecular weight excluding hydrogens is 464 g/mol. The molecule has 2 unspecified atom stereocenters. The molecule has 192 valence electrons. The van der Waals surface area contributed by atoms with Crippen molar-refractivity contribution in [1.82, 2.24) is 0 Å². The molecule has 0 saturated carbocycles. The Morgan fingerprint density at radius 2 is 1.31 bits per heavy atom. The van der Waals surface area contributed by atoms with E-state index in [1.54, 1.807) is 0 Å². The average molecular weight is 505 g/mol. The van der Waals surface area contributed by atoms with Crippen molar-refractivity contribution >= 4 is 18.7 Å². The van der Waals surface area contributed by atoms with Gasteiger partial charge in [-0.15, -0.1) is 0 Å². The van der Waals surface area contributed by atoms with Crippen molar-refractivity contribution < 1.29 is 19.0 Å². The maximum absolute atomic E-state index is 11.4. The lowest BCUT2D eigenvalue weighted by molar-refractivity contribution is -0.215. The van der Waals surface area contributed by atoms with Crippen molar-refractivity contribution in [3.8, 4) is 0 Å². The van der Waals surface area contributed by atoms with E-state index < -0.39 is 20.5 Å². The SMILES string of the molecule is CC1[C@H](C)OC(CO[Si](c2ccccc2)(c2ccccc2)C(C)(C)C)[C@@H](O)[C@H]1OCc1ccccc1. The van der Waals surface area contributed by atoms with E-state index in [9.17, 15) is 5.11 Å². The van der Waals surface area contributed by atoms with Gasteiger partial charge in [0.15, 0.2) is 0 Å². The summed E-state index contributed by atoms with van der Waals surface area (Å²) in [6.07, 6.45) is -1.64. The third-order valence-corrected chi connectivity index (χ3v) is 12.5. The summed E-state index contributed by atoms with van der Waals surface area (Å²) >= 11 is 0. The van der Waals surface area contributed by atoms with Crippen molar-refractivity contribution in [2.45, 2.75) is 70.7 Å². The zero-order valence-corrected chi connectivity index (χ0v) is 23.1. The Balaban J connectivity index is 1.60. The number of benzene rings is 3. The fourth-order valence-electron chi connectivity index (χ4n) is 5.39. The molecule has 1 heterocycles. The molecule has 5 heteroatoms. The van der Waals surface area contributed by atoms with Gasteiger partial charge in [0, 0.05) is 5.92 Å². The Morgan fingerprint density at radius 3 is 1.81 bits per heavy atom. The number of ether oxygens (including phenoxy) is 2. The zero-order chi connectivity index (χ0) is 25.8. The molecule has 1 aliphatic heterocycles. The van der Waals surface area contributed by atoms with E-state index in [4.69, 9.17) is 13.9 Å². The second-order valence-corrected chi connectivity index (χ2v) is 15.3. The lowest BCUT2D eigenvalue weighted by atomic mass is 9.88. The first-order valence-corrected chi connectivity index (χ1v) is 14.9. The Hall–Kier alpha value is -2.28. The van der Waals surface area contributed by atoms with E-state index in [0.29, 0.717) is 13.2 Å². The van der Waals surface area contributed by atoms with Gasteiger partial charge in [-0.05, 0) is 27.9 Å². The van der Waals surface area contributed by atoms with Gasteiger partial charge in [-0.3, -0.25) is 0 Å². The van der Waals surface area contributed by atoms with Gasteiger partial charge in [-0.25, -0.2) is 0 Å². The summed E-state index contributed by atoms with van der Waals surface area (Å²) in [6.45, 7) is 11.7. The van der Waals surface area contributed by atoms with Crippen LogP contribution in [0.5, 0.6) is 0 Å². The molecule has 4 nitrogen and oxygen atoms in total. The highest BCUT2D eigenvalue weighted by Gasteiger charge is 2.51. The van der Waals surface area contributed by atoms with Crippen LogP contribution in [0.4, 0.5) is 0 Å². The van der Waals surface area contributed by atoms with E-state index in [1.807, 2.05) is 42.5 Å². The predicted octanol–water partition coefficient (Wildman–Crippen LogP) is 4.93. The second kappa shape index (κ2) is 11.4. The Morgan fingerprint density at radius 1 is 0.806 bits per heavy atom. The molecule has 5 atom stereocenters. The van der Waals surface area contributed by atoms with Gasteiger partial charge in [0.2, 0.25) is 0 Å². The van der Waals surface area contributed by atoms with Gasteiger partial charge in [0.1, 0.15) is 12.2 Å². The summed E-state index contributed by atoms with van der Waals surface area (Å²) in [5, 5.41) is 13.7. The highest BCUT2D eigenvalue weighted by molar-refractivity contribution is 6.99. The van der Waals surface area contributed by atoms with Gasteiger partial charge in [-0.2, -0.15) is 0 Å². The molecule has 4 rings (SSSR count). The van der Waals surface area contributed by atoms with Crippen LogP contribution in [-0.2, 0) is 20.5 Å². The van der Waals surface area contributed by atoms with Gasteiger partial charge in [-0.1, -0.05) is 119 Å². The van der Waals surface area contributed by atoms with E-state index in [0.717, 1.165) is 5.56 Å². The van der Waals surface area contributed by atoms with Crippen molar-refractivity contribution in [1.29, 1.82) is 0 Å². The van der Waals surface area contributed by atoms with Gasteiger partial charge in [0.25, 0.3) is 8.32 Å². The first-order valence-electron chi connectivity index (χ1n) is 13.0. The number of aliphatic hydroxyl groups excluding tert-OH is 1. The normalized spacial score (nSPS) is 25.0. The Kier molecular flexibility index (Phi) is 8.48. The lowest BCUT2D eigenvalue weighted by Gasteiger charge is -2.46. The number of hydrogen-bond acceptors (Lipinski definition) is 4. The molecule has 0 amide bonds. The summed E-state index contributed by atoms with van der Waals surface area (Å²) in [7, 11) is -2.73. The average Bonchev–Trinajstić information content (AvgIpc) is 2.88. The standard InChI is InChI=1S/C31H40O4Si/c1-23-24(2)35-28(29(32)30(23)33-21-25-15-9-6-10-16-25)22-34-36(31(3,4)5,26-17-11-7-12-18-26)27-19-13-8-14-20-27/h6-20,23-24,28-30,32H,21-22H2,1-5H3/t23?,24-,28?,29+,30-/m0/s1. The molecule has 3 aromatic rings. The molecule has 1 fully saturated rings. The van der Waals surface area contributed by atoms with Crippen LogP contribution in [0.25, 0.3) is 0 Å². The van der Waals surface area contributed by atoms with Crippen LogP contribution in [-0.4, -0.2) is 44.4 Å². The van der Waals surface area contributed by atoms with Crippen molar-refractivity contribution in [2.75, 3.05) is 6.61 Å². The maximum atomic E-state index is 11.4. The predicted molar refractivity (Wildman–Crippen MR) is 148 cm³/mol. The van der Waals surface area contributed by atoms with E-state index in [-0.39, 0.29) is 23.2 Å². The first-order chi connectivity index (χ1) is 17.2. The highest BCUT2D eigenvalue weighted by Crippen LogP contribution is 2.38. The molecule has 1 saturated heterocycles. The third-order valence-electron chi connectivity index (χ3n) is 7.53.